The van der Waals surface area contributed by atoms with E-state index in [0.29, 0.717) is 3.63 Å². The molecule has 0 saturated carbocycles. The average molecular weight is 439 g/mol. The van der Waals surface area contributed by atoms with E-state index in [1.807, 2.05) is 0 Å². The molecule has 0 N–H and O–H groups in total. The normalized spacial score (nSPS) is 17.2. The fraction of sp³-hybridized carbons (Fsp3) is 0.130. The summed E-state index contributed by atoms with van der Waals surface area (Å²) < 4.78 is 4.77. The Hall–Kier alpha value is -2.06. The predicted molar refractivity (Wildman–Crippen MR) is 102 cm³/mol. The third-order valence-electron chi connectivity index (χ3n) is 5.27. The van der Waals surface area contributed by atoms with Crippen molar-refractivity contribution in [3.63, 3.8) is 0 Å². The Morgan fingerprint density at radius 3 is 2.56 bits per heavy atom. The molecule has 1 atom stereocenters. The number of nitrogens with zero attached hydrogens (tertiary/aromatic N) is 1. The van der Waals surface area contributed by atoms with Crippen molar-refractivity contribution < 1.29 is 32.6 Å². The summed E-state index contributed by atoms with van der Waals surface area (Å²) in [4.78, 5) is 0. The fourth-order valence-electron chi connectivity index (χ4n) is 3.94. The molecule has 1 heterocycles. The van der Waals surface area contributed by atoms with Crippen LogP contribution in [-0.4, -0.2) is 4.57 Å². The van der Waals surface area contributed by atoms with Crippen LogP contribution in [0.1, 0.15) is 28.1 Å². The van der Waals surface area contributed by atoms with Crippen LogP contribution in [0, 0.1) is 0 Å². The van der Waals surface area contributed by atoms with Crippen LogP contribution < -0.4 is 9.41 Å². The Labute approximate surface area is 169 Å². The Balaban J connectivity index is 0.00000105. The van der Waals surface area contributed by atoms with Crippen molar-refractivity contribution in [2.24, 2.45) is 0 Å². The van der Waals surface area contributed by atoms with Crippen LogP contribution in [0.4, 0.5) is 0 Å². The molecule has 0 amide bonds. The summed E-state index contributed by atoms with van der Waals surface area (Å²) in [6.07, 6.45) is 10.5. The molecule has 1 aromatic heterocycles. The molecule has 0 spiro atoms. The van der Waals surface area contributed by atoms with Crippen LogP contribution in [0.15, 0.2) is 81.8 Å². The van der Waals surface area contributed by atoms with Crippen molar-refractivity contribution >= 4 is 22.7 Å². The summed E-state index contributed by atoms with van der Waals surface area (Å²) in [5.41, 5.74) is 7.26. The molecule has 2 aromatic carbocycles. The van der Waals surface area contributed by atoms with Crippen LogP contribution in [0.25, 0.3) is 22.7 Å². The summed E-state index contributed by atoms with van der Waals surface area (Å²) in [5, 5.41) is 1.32. The number of hydrogen-bond donors (Lipinski definition) is 0. The van der Waals surface area contributed by atoms with Crippen LogP contribution in [-0.2, 0) is 23.2 Å². The molecule has 0 fully saturated rings. The molecular weight excluding hydrogens is 419 g/mol. The first-order valence-electron chi connectivity index (χ1n) is 8.81. The van der Waals surface area contributed by atoms with Crippen LogP contribution in [0.2, 0.25) is 0 Å². The van der Waals surface area contributed by atoms with E-state index in [2.05, 4.69) is 90.5 Å². The number of para-hydroxylation sites is 1. The van der Waals surface area contributed by atoms with E-state index in [0.717, 1.165) is 0 Å². The maximum absolute atomic E-state index is 2.43. The van der Waals surface area contributed by atoms with Gasteiger partial charge in [0.1, 0.15) is 0 Å². The van der Waals surface area contributed by atoms with E-state index >= 15 is 0 Å². The molecule has 1 nitrogen and oxygen atoms in total. The van der Waals surface area contributed by atoms with Crippen molar-refractivity contribution in [1.82, 2.24) is 4.57 Å². The van der Waals surface area contributed by atoms with E-state index in [-0.39, 0.29) is 9.41 Å². The van der Waals surface area contributed by atoms with E-state index in [1.165, 1.54) is 39.7 Å². The smallest absolute Gasteiger partial charge is 1.00 e. The molecular formula is C23H19F2NZr. The number of benzene rings is 2. The number of hydrogen-bond acceptors (Lipinski definition) is 0. The van der Waals surface area contributed by atoms with Crippen molar-refractivity contribution in [3.05, 3.63) is 92.9 Å². The summed E-state index contributed by atoms with van der Waals surface area (Å²) >= 11 is -0.737. The average Bonchev–Trinajstić information content (AvgIpc) is 3.33. The zero-order chi connectivity index (χ0) is 16.8. The zero-order valence-corrected chi connectivity index (χ0v) is 17.5. The molecule has 5 rings (SSSR count). The fourth-order valence-corrected chi connectivity index (χ4v) is 8.08. The number of allylic oxidation sites excluding steroid dienone is 5. The van der Waals surface area contributed by atoms with Crippen molar-refractivity contribution in [2.75, 3.05) is 0 Å². The van der Waals surface area contributed by atoms with Crippen LogP contribution >= 0.6 is 0 Å². The second-order valence-corrected chi connectivity index (χ2v) is 10.4. The minimum absolute atomic E-state index is 0. The molecule has 0 saturated heterocycles. The largest absolute Gasteiger partial charge is 1.00 e. The van der Waals surface area contributed by atoms with Gasteiger partial charge in [0.05, 0.1) is 0 Å². The summed E-state index contributed by atoms with van der Waals surface area (Å²) in [6, 6.07) is 19.9. The van der Waals surface area contributed by atoms with Gasteiger partial charge >= 0.3 is 160 Å². The van der Waals surface area contributed by atoms with Crippen molar-refractivity contribution in [2.45, 2.75) is 17.0 Å². The van der Waals surface area contributed by atoms with Gasteiger partial charge in [-0.25, -0.2) is 0 Å². The summed E-state index contributed by atoms with van der Waals surface area (Å²) in [6.45, 7) is 2.29. The molecule has 4 heteroatoms. The Morgan fingerprint density at radius 1 is 0.963 bits per heavy atom. The van der Waals surface area contributed by atoms with E-state index in [4.69, 9.17) is 0 Å². The van der Waals surface area contributed by atoms with Crippen molar-refractivity contribution in [3.8, 4) is 0 Å². The standard InChI is InChI=1S/C17H12N.C6H7.2FH.Zr/c1-2-7-15-12-16(11-14(15)6-1)18-10-9-13-5-3-4-8-17(13)18;1-6-4-2-3-5-6;;;/h1-12H;2,4H,3H2,1H3;2*1H;/q;;;;+2/p-2. The Morgan fingerprint density at radius 2 is 1.74 bits per heavy atom. The first-order chi connectivity index (χ1) is 12.3. The van der Waals surface area contributed by atoms with Gasteiger partial charge in [-0.2, -0.15) is 0 Å². The van der Waals surface area contributed by atoms with Crippen LogP contribution in [0.3, 0.4) is 0 Å². The van der Waals surface area contributed by atoms with Gasteiger partial charge in [-0.3, -0.25) is 0 Å². The minimum Gasteiger partial charge on any atom is -1.00 e. The quantitative estimate of drug-likeness (QED) is 0.543. The summed E-state index contributed by atoms with van der Waals surface area (Å²) in [5.74, 6) is 0. The molecule has 2 aliphatic carbocycles. The van der Waals surface area contributed by atoms with Gasteiger partial charge in [0, 0.05) is 0 Å². The third kappa shape index (κ3) is 3.32. The minimum atomic E-state index is -0.737. The molecule has 0 radical (unpaired) electrons. The molecule has 134 valence electrons. The second-order valence-electron chi connectivity index (χ2n) is 6.79. The molecule has 0 aliphatic heterocycles. The van der Waals surface area contributed by atoms with Gasteiger partial charge in [-0.1, -0.05) is 0 Å². The van der Waals surface area contributed by atoms with Gasteiger partial charge in [-0.05, 0) is 0 Å². The Bertz CT molecular complexity index is 1070. The third-order valence-corrected chi connectivity index (χ3v) is 9.80. The van der Waals surface area contributed by atoms with Crippen molar-refractivity contribution in [1.29, 1.82) is 0 Å². The molecule has 27 heavy (non-hydrogen) atoms. The van der Waals surface area contributed by atoms with Gasteiger partial charge < -0.3 is 9.41 Å². The SMILES string of the molecule is CC1=[C]([Zr+2][CH]2C(n3ccc4ccccc43)=Cc3ccccc32)CC=C1.[F-].[F-]. The van der Waals surface area contributed by atoms with E-state index in [1.54, 1.807) is 3.28 Å². The maximum Gasteiger partial charge on any atom is -1.00 e. The molecule has 1 unspecified atom stereocenters. The Kier molecular flexibility index (Phi) is 5.76. The zero-order valence-electron chi connectivity index (χ0n) is 15.0. The van der Waals surface area contributed by atoms with E-state index < -0.39 is 23.2 Å². The topological polar surface area (TPSA) is 4.93 Å². The first kappa shape index (κ1) is 19.7. The molecule has 3 aromatic rings. The predicted octanol–water partition coefficient (Wildman–Crippen LogP) is 0.0185. The van der Waals surface area contributed by atoms with E-state index in [9.17, 15) is 0 Å². The second kappa shape index (κ2) is 7.90. The monoisotopic (exact) mass is 437 g/mol. The number of fused-ring (bicyclic) bond motifs is 2. The molecule has 2 aliphatic rings. The number of halogens is 2. The first-order valence-corrected chi connectivity index (χ1v) is 11.5. The van der Waals surface area contributed by atoms with Gasteiger partial charge in [0.25, 0.3) is 0 Å². The molecule has 0 bridgehead atoms. The van der Waals surface area contributed by atoms with Gasteiger partial charge in [0.15, 0.2) is 0 Å². The summed E-state index contributed by atoms with van der Waals surface area (Å²) in [7, 11) is 0. The number of rotatable bonds is 3. The van der Waals surface area contributed by atoms with Gasteiger partial charge in [-0.15, -0.1) is 0 Å². The van der Waals surface area contributed by atoms with Gasteiger partial charge in [0.2, 0.25) is 0 Å². The van der Waals surface area contributed by atoms with Crippen LogP contribution in [0.5, 0.6) is 0 Å². The maximum atomic E-state index is 2.43. The number of aromatic nitrogens is 1.